The Morgan fingerprint density at radius 2 is 1.97 bits per heavy atom. The summed E-state index contributed by atoms with van der Waals surface area (Å²) in [5, 5.41) is 3.15. The number of fused-ring (bicyclic) bond motifs is 1. The van der Waals surface area contributed by atoms with Crippen molar-refractivity contribution in [1.29, 1.82) is 0 Å². The third-order valence-electron chi connectivity index (χ3n) is 6.60. The van der Waals surface area contributed by atoms with E-state index in [4.69, 9.17) is 4.98 Å². The number of carbonyl (C=O) groups excluding carboxylic acids is 1. The number of benzene rings is 1. The zero-order valence-corrected chi connectivity index (χ0v) is 19.9. The molecule has 3 heterocycles. The van der Waals surface area contributed by atoms with Gasteiger partial charge in [0, 0.05) is 36.3 Å². The molecule has 6 heteroatoms. The SMILES string of the molecule is CC1CCN(c2nc(C(C)(C)C)ccc2CNC(=O)C(C)c2ccc3[nH]cnc3c2)CC1. The minimum absolute atomic E-state index is 0.0120. The molecule has 0 spiro atoms. The first-order chi connectivity index (χ1) is 15.2. The van der Waals surface area contributed by atoms with Gasteiger partial charge in [0.05, 0.1) is 23.3 Å². The Bertz CT molecular complexity index is 1090. The lowest BCUT2D eigenvalue weighted by molar-refractivity contribution is -0.122. The lowest BCUT2D eigenvalue weighted by Gasteiger charge is -2.33. The van der Waals surface area contributed by atoms with Crippen LogP contribution in [0.3, 0.4) is 0 Å². The van der Waals surface area contributed by atoms with E-state index in [0.29, 0.717) is 6.54 Å². The Kier molecular flexibility index (Phi) is 6.22. The monoisotopic (exact) mass is 433 g/mol. The number of nitrogens with one attached hydrogen (secondary N) is 2. The third-order valence-corrected chi connectivity index (χ3v) is 6.60. The largest absolute Gasteiger partial charge is 0.356 e. The zero-order chi connectivity index (χ0) is 22.9. The van der Waals surface area contributed by atoms with E-state index in [0.717, 1.165) is 52.7 Å². The molecule has 0 saturated carbocycles. The molecule has 1 aromatic carbocycles. The van der Waals surface area contributed by atoms with E-state index in [1.54, 1.807) is 6.33 Å². The summed E-state index contributed by atoms with van der Waals surface area (Å²) in [4.78, 5) is 27.8. The minimum Gasteiger partial charge on any atom is -0.356 e. The first-order valence-electron chi connectivity index (χ1n) is 11.7. The van der Waals surface area contributed by atoms with Crippen LogP contribution in [0.15, 0.2) is 36.7 Å². The number of H-pyrrole nitrogens is 1. The second-order valence-electron chi connectivity index (χ2n) is 10.2. The molecule has 1 fully saturated rings. The normalized spacial score (nSPS) is 16.3. The van der Waals surface area contributed by atoms with Gasteiger partial charge in [0.15, 0.2) is 0 Å². The van der Waals surface area contributed by atoms with Crippen molar-refractivity contribution in [3.8, 4) is 0 Å². The fraction of sp³-hybridized carbons (Fsp3) is 0.500. The number of amides is 1. The van der Waals surface area contributed by atoms with Gasteiger partial charge in [-0.1, -0.05) is 39.8 Å². The number of rotatable bonds is 5. The number of pyridine rings is 1. The maximum absolute atomic E-state index is 13.0. The van der Waals surface area contributed by atoms with Crippen LogP contribution in [-0.4, -0.2) is 33.9 Å². The van der Waals surface area contributed by atoms with Crippen LogP contribution in [0.1, 0.15) is 70.2 Å². The molecule has 1 saturated heterocycles. The van der Waals surface area contributed by atoms with Gasteiger partial charge in [-0.2, -0.15) is 0 Å². The highest BCUT2D eigenvalue weighted by atomic mass is 16.1. The summed E-state index contributed by atoms with van der Waals surface area (Å²) in [5.74, 6) is 1.54. The van der Waals surface area contributed by atoms with E-state index >= 15 is 0 Å². The first kappa shape index (κ1) is 22.3. The van der Waals surface area contributed by atoms with Crippen LogP contribution >= 0.6 is 0 Å². The maximum atomic E-state index is 13.0. The van der Waals surface area contributed by atoms with Gasteiger partial charge in [-0.25, -0.2) is 9.97 Å². The number of nitrogens with zero attached hydrogens (tertiary/aromatic N) is 3. The van der Waals surface area contributed by atoms with Crippen molar-refractivity contribution in [3.63, 3.8) is 0 Å². The number of aromatic amines is 1. The van der Waals surface area contributed by atoms with Gasteiger partial charge >= 0.3 is 0 Å². The molecular weight excluding hydrogens is 398 g/mol. The number of aromatic nitrogens is 3. The number of hydrogen-bond acceptors (Lipinski definition) is 4. The van der Waals surface area contributed by atoms with E-state index in [2.05, 4.69) is 60.0 Å². The van der Waals surface area contributed by atoms with Crippen molar-refractivity contribution in [3.05, 3.63) is 53.5 Å². The van der Waals surface area contributed by atoms with Crippen LogP contribution in [0.4, 0.5) is 5.82 Å². The number of imidazole rings is 1. The van der Waals surface area contributed by atoms with Crippen molar-refractivity contribution in [2.45, 2.75) is 65.3 Å². The van der Waals surface area contributed by atoms with Crippen LogP contribution in [0.2, 0.25) is 0 Å². The van der Waals surface area contributed by atoms with Crippen LogP contribution in [0, 0.1) is 5.92 Å². The Morgan fingerprint density at radius 1 is 1.22 bits per heavy atom. The third kappa shape index (κ3) is 4.79. The average molecular weight is 434 g/mol. The summed E-state index contributed by atoms with van der Waals surface area (Å²) in [6, 6.07) is 10.2. The van der Waals surface area contributed by atoms with E-state index in [-0.39, 0.29) is 17.2 Å². The quantitative estimate of drug-likeness (QED) is 0.599. The molecule has 6 nitrogen and oxygen atoms in total. The molecule has 1 amide bonds. The van der Waals surface area contributed by atoms with Crippen LogP contribution in [0.5, 0.6) is 0 Å². The lowest BCUT2D eigenvalue weighted by atomic mass is 9.91. The van der Waals surface area contributed by atoms with Crippen LogP contribution in [-0.2, 0) is 16.8 Å². The summed E-state index contributed by atoms with van der Waals surface area (Å²) in [6.07, 6.45) is 4.04. The predicted octanol–water partition coefficient (Wildman–Crippen LogP) is 4.91. The van der Waals surface area contributed by atoms with Gasteiger partial charge in [0.1, 0.15) is 5.82 Å². The second kappa shape index (κ2) is 8.93. The van der Waals surface area contributed by atoms with Gasteiger partial charge in [-0.15, -0.1) is 0 Å². The van der Waals surface area contributed by atoms with E-state index in [9.17, 15) is 4.79 Å². The van der Waals surface area contributed by atoms with E-state index in [1.165, 1.54) is 12.8 Å². The predicted molar refractivity (Wildman–Crippen MR) is 130 cm³/mol. The molecule has 2 aromatic heterocycles. The summed E-state index contributed by atoms with van der Waals surface area (Å²) >= 11 is 0. The number of hydrogen-bond donors (Lipinski definition) is 2. The number of piperidine rings is 1. The maximum Gasteiger partial charge on any atom is 0.227 e. The molecule has 0 radical (unpaired) electrons. The summed E-state index contributed by atoms with van der Waals surface area (Å²) in [5.41, 5.74) is 4.97. The van der Waals surface area contributed by atoms with Crippen molar-refractivity contribution in [2.75, 3.05) is 18.0 Å². The Labute approximate surface area is 190 Å². The Balaban J connectivity index is 1.51. The lowest BCUT2D eigenvalue weighted by Crippen LogP contribution is -2.36. The topological polar surface area (TPSA) is 73.9 Å². The molecule has 0 bridgehead atoms. The van der Waals surface area contributed by atoms with Gasteiger partial charge in [0.2, 0.25) is 5.91 Å². The number of anilines is 1. The van der Waals surface area contributed by atoms with Gasteiger partial charge in [-0.05, 0) is 49.4 Å². The summed E-state index contributed by atoms with van der Waals surface area (Å²) < 4.78 is 0. The minimum atomic E-state index is -0.253. The molecule has 3 aromatic rings. The van der Waals surface area contributed by atoms with Gasteiger partial charge < -0.3 is 15.2 Å². The molecule has 4 rings (SSSR count). The average Bonchev–Trinajstić information content (AvgIpc) is 3.24. The molecule has 1 aliphatic rings. The molecule has 170 valence electrons. The zero-order valence-electron chi connectivity index (χ0n) is 19.9. The molecule has 32 heavy (non-hydrogen) atoms. The number of carbonyl (C=O) groups is 1. The highest BCUT2D eigenvalue weighted by molar-refractivity contribution is 5.85. The van der Waals surface area contributed by atoms with Crippen molar-refractivity contribution in [2.24, 2.45) is 5.92 Å². The van der Waals surface area contributed by atoms with Gasteiger partial charge in [0.25, 0.3) is 0 Å². The second-order valence-corrected chi connectivity index (χ2v) is 10.2. The fourth-order valence-corrected chi connectivity index (χ4v) is 4.23. The summed E-state index contributed by atoms with van der Waals surface area (Å²) in [7, 11) is 0. The van der Waals surface area contributed by atoms with Crippen molar-refractivity contribution < 1.29 is 4.79 Å². The van der Waals surface area contributed by atoms with E-state index in [1.807, 2.05) is 25.1 Å². The molecule has 1 atom stereocenters. The van der Waals surface area contributed by atoms with Crippen LogP contribution < -0.4 is 10.2 Å². The molecular formula is C26H35N5O. The smallest absolute Gasteiger partial charge is 0.227 e. The van der Waals surface area contributed by atoms with Crippen LogP contribution in [0.25, 0.3) is 11.0 Å². The molecule has 0 aliphatic carbocycles. The van der Waals surface area contributed by atoms with E-state index < -0.39 is 0 Å². The van der Waals surface area contributed by atoms with Crippen molar-refractivity contribution >= 4 is 22.8 Å². The first-order valence-corrected chi connectivity index (χ1v) is 11.7. The Hall–Kier alpha value is -2.89. The Morgan fingerprint density at radius 3 is 2.69 bits per heavy atom. The highest BCUT2D eigenvalue weighted by Crippen LogP contribution is 2.29. The molecule has 1 unspecified atom stereocenters. The highest BCUT2D eigenvalue weighted by Gasteiger charge is 2.24. The van der Waals surface area contributed by atoms with Crippen molar-refractivity contribution in [1.82, 2.24) is 20.3 Å². The molecule has 2 N–H and O–H groups in total. The fourth-order valence-electron chi connectivity index (χ4n) is 4.23. The standard InChI is InChI=1S/C26H35N5O/c1-17-10-12-31(13-11-17)24-20(7-9-23(30-24)26(3,4)5)15-27-25(32)18(2)19-6-8-21-22(14-19)29-16-28-21/h6-9,14,16-18H,10-13,15H2,1-5H3,(H,27,32)(H,28,29). The molecule has 1 aliphatic heterocycles. The van der Waals surface area contributed by atoms with Gasteiger partial charge in [-0.3, -0.25) is 4.79 Å². The summed E-state index contributed by atoms with van der Waals surface area (Å²) in [6.45, 7) is 13.3.